The van der Waals surface area contributed by atoms with Crippen molar-refractivity contribution < 1.29 is 19.0 Å². The zero-order valence-electron chi connectivity index (χ0n) is 10.6. The van der Waals surface area contributed by atoms with E-state index in [-0.39, 0.29) is 11.9 Å². The van der Waals surface area contributed by atoms with Crippen molar-refractivity contribution >= 4 is 5.97 Å². The molecule has 17 heavy (non-hydrogen) atoms. The zero-order valence-corrected chi connectivity index (χ0v) is 10.6. The molecule has 0 heterocycles. The normalized spacial score (nSPS) is 11.8. The largest absolute Gasteiger partial charge is 0.493 e. The molecule has 4 heteroatoms. The van der Waals surface area contributed by atoms with Crippen LogP contribution in [0.5, 0.6) is 11.5 Å². The molecule has 0 radical (unpaired) electrons. The summed E-state index contributed by atoms with van der Waals surface area (Å²) in [7, 11) is 3.12. The van der Waals surface area contributed by atoms with Gasteiger partial charge in [0, 0.05) is 5.56 Å². The zero-order chi connectivity index (χ0) is 12.8. The maximum Gasteiger partial charge on any atom is 0.313 e. The molecule has 1 aromatic rings. The smallest absolute Gasteiger partial charge is 0.313 e. The number of para-hydroxylation sites is 1. The fraction of sp³-hybridized carbons (Fsp3) is 0.462. The number of hydrogen-bond acceptors (Lipinski definition) is 4. The highest BCUT2D eigenvalue weighted by molar-refractivity contribution is 5.79. The fourth-order valence-corrected chi connectivity index (χ4v) is 1.65. The molecule has 0 amide bonds. The molecule has 94 valence electrons. The molecule has 0 saturated heterocycles. The van der Waals surface area contributed by atoms with Gasteiger partial charge in [-0.2, -0.15) is 0 Å². The van der Waals surface area contributed by atoms with Crippen LogP contribution in [0.2, 0.25) is 0 Å². The molecule has 1 rings (SSSR count). The first kappa shape index (κ1) is 13.4. The average molecular weight is 238 g/mol. The van der Waals surface area contributed by atoms with Crippen molar-refractivity contribution in [2.24, 2.45) is 0 Å². The van der Waals surface area contributed by atoms with Gasteiger partial charge in [0.25, 0.3) is 0 Å². The number of esters is 1. The number of carbonyl (C=O) groups is 1. The Morgan fingerprint density at radius 1 is 1.29 bits per heavy atom. The molecule has 0 aliphatic rings. The Morgan fingerprint density at radius 2 is 2.00 bits per heavy atom. The van der Waals surface area contributed by atoms with Gasteiger partial charge in [0.05, 0.1) is 26.7 Å². The summed E-state index contributed by atoms with van der Waals surface area (Å²) in [5.74, 6) is 0.552. The van der Waals surface area contributed by atoms with E-state index in [4.69, 9.17) is 14.2 Å². The van der Waals surface area contributed by atoms with Gasteiger partial charge >= 0.3 is 5.97 Å². The van der Waals surface area contributed by atoms with Crippen molar-refractivity contribution in [2.45, 2.75) is 19.8 Å². The lowest BCUT2D eigenvalue weighted by Crippen LogP contribution is -2.14. The lowest BCUT2D eigenvalue weighted by atomic mass is 10.00. The maximum absolute atomic E-state index is 11.7. The highest BCUT2D eigenvalue weighted by atomic mass is 16.5. The standard InChI is InChI=1S/C13H18O4/c1-5-17-13(14)9(2)10-7-6-8-11(15-3)12(10)16-4/h6-9H,5H2,1-4H3. The van der Waals surface area contributed by atoms with Crippen molar-refractivity contribution in [3.05, 3.63) is 23.8 Å². The summed E-state index contributed by atoms with van der Waals surface area (Å²) in [4.78, 5) is 11.7. The van der Waals surface area contributed by atoms with E-state index in [1.54, 1.807) is 34.1 Å². The predicted octanol–water partition coefficient (Wildman–Crippen LogP) is 2.37. The minimum Gasteiger partial charge on any atom is -0.493 e. The molecule has 0 saturated carbocycles. The minimum atomic E-state index is -0.375. The Hall–Kier alpha value is -1.71. The summed E-state index contributed by atoms with van der Waals surface area (Å²) in [6.45, 7) is 3.94. The van der Waals surface area contributed by atoms with E-state index in [1.807, 2.05) is 12.1 Å². The molecular weight excluding hydrogens is 220 g/mol. The second kappa shape index (κ2) is 6.13. The van der Waals surface area contributed by atoms with E-state index in [0.717, 1.165) is 5.56 Å². The van der Waals surface area contributed by atoms with Crippen LogP contribution in [-0.2, 0) is 9.53 Å². The summed E-state index contributed by atoms with van der Waals surface area (Å²) in [5.41, 5.74) is 0.769. The van der Waals surface area contributed by atoms with Gasteiger partial charge in [-0.25, -0.2) is 0 Å². The predicted molar refractivity (Wildman–Crippen MR) is 64.6 cm³/mol. The van der Waals surface area contributed by atoms with Crippen LogP contribution in [0.15, 0.2) is 18.2 Å². The molecule has 0 aromatic heterocycles. The molecule has 1 atom stereocenters. The summed E-state index contributed by atoms with van der Waals surface area (Å²) in [6.07, 6.45) is 0. The Balaban J connectivity index is 3.08. The Morgan fingerprint density at radius 3 is 2.53 bits per heavy atom. The quantitative estimate of drug-likeness (QED) is 0.739. The third kappa shape index (κ3) is 2.90. The van der Waals surface area contributed by atoms with Crippen LogP contribution >= 0.6 is 0 Å². The summed E-state index contributed by atoms with van der Waals surface area (Å²) < 4.78 is 15.5. The molecule has 0 fully saturated rings. The van der Waals surface area contributed by atoms with Crippen molar-refractivity contribution in [3.63, 3.8) is 0 Å². The third-order valence-electron chi connectivity index (χ3n) is 2.54. The fourth-order valence-electron chi connectivity index (χ4n) is 1.65. The number of carbonyl (C=O) groups excluding carboxylic acids is 1. The SMILES string of the molecule is CCOC(=O)C(C)c1cccc(OC)c1OC. The van der Waals surface area contributed by atoms with Gasteiger partial charge in [0.1, 0.15) is 0 Å². The lowest BCUT2D eigenvalue weighted by molar-refractivity contribution is -0.144. The second-order valence-electron chi connectivity index (χ2n) is 3.56. The minimum absolute atomic E-state index is 0.265. The molecule has 0 aliphatic carbocycles. The van der Waals surface area contributed by atoms with Crippen molar-refractivity contribution in [1.82, 2.24) is 0 Å². The number of methoxy groups -OCH3 is 2. The monoisotopic (exact) mass is 238 g/mol. The topological polar surface area (TPSA) is 44.8 Å². The van der Waals surface area contributed by atoms with E-state index in [0.29, 0.717) is 18.1 Å². The molecule has 1 unspecified atom stereocenters. The van der Waals surface area contributed by atoms with Crippen LogP contribution in [0.3, 0.4) is 0 Å². The molecule has 0 spiro atoms. The number of benzene rings is 1. The van der Waals surface area contributed by atoms with E-state index in [1.165, 1.54) is 0 Å². The molecule has 4 nitrogen and oxygen atoms in total. The van der Waals surface area contributed by atoms with Crippen LogP contribution in [0.1, 0.15) is 25.3 Å². The van der Waals surface area contributed by atoms with Crippen LogP contribution in [-0.4, -0.2) is 26.8 Å². The highest BCUT2D eigenvalue weighted by Crippen LogP contribution is 2.35. The summed E-state index contributed by atoms with van der Waals surface area (Å²) in [6, 6.07) is 5.45. The molecule has 1 aromatic carbocycles. The van der Waals surface area contributed by atoms with Gasteiger partial charge in [-0.05, 0) is 19.9 Å². The van der Waals surface area contributed by atoms with Crippen molar-refractivity contribution in [3.8, 4) is 11.5 Å². The summed E-state index contributed by atoms with van der Waals surface area (Å²) >= 11 is 0. The Bertz CT molecular complexity index is 387. The van der Waals surface area contributed by atoms with Gasteiger partial charge in [-0.15, -0.1) is 0 Å². The average Bonchev–Trinajstić information content (AvgIpc) is 2.36. The van der Waals surface area contributed by atoms with E-state index >= 15 is 0 Å². The molecule has 0 N–H and O–H groups in total. The maximum atomic E-state index is 11.7. The molecule has 0 bridgehead atoms. The van der Waals surface area contributed by atoms with Crippen LogP contribution < -0.4 is 9.47 Å². The second-order valence-corrected chi connectivity index (χ2v) is 3.56. The van der Waals surface area contributed by atoms with E-state index in [9.17, 15) is 4.79 Å². The number of ether oxygens (including phenoxy) is 3. The number of rotatable bonds is 5. The first-order chi connectivity index (χ1) is 8.15. The van der Waals surface area contributed by atoms with Gasteiger partial charge in [0.15, 0.2) is 11.5 Å². The Labute approximate surface area is 101 Å². The summed E-state index contributed by atoms with van der Waals surface area (Å²) in [5, 5.41) is 0. The van der Waals surface area contributed by atoms with E-state index < -0.39 is 0 Å². The molecule has 0 aliphatic heterocycles. The van der Waals surface area contributed by atoms with E-state index in [2.05, 4.69) is 0 Å². The highest BCUT2D eigenvalue weighted by Gasteiger charge is 2.22. The van der Waals surface area contributed by atoms with Crippen LogP contribution in [0, 0.1) is 0 Å². The van der Waals surface area contributed by atoms with Crippen LogP contribution in [0.4, 0.5) is 0 Å². The molecular formula is C13H18O4. The lowest BCUT2D eigenvalue weighted by Gasteiger charge is -2.16. The first-order valence-electron chi connectivity index (χ1n) is 5.53. The number of hydrogen-bond donors (Lipinski definition) is 0. The van der Waals surface area contributed by atoms with Gasteiger partial charge in [-0.1, -0.05) is 12.1 Å². The first-order valence-corrected chi connectivity index (χ1v) is 5.53. The third-order valence-corrected chi connectivity index (χ3v) is 2.54. The van der Waals surface area contributed by atoms with Gasteiger partial charge in [-0.3, -0.25) is 4.79 Å². The van der Waals surface area contributed by atoms with Gasteiger partial charge < -0.3 is 14.2 Å². The van der Waals surface area contributed by atoms with Crippen molar-refractivity contribution in [1.29, 1.82) is 0 Å². The van der Waals surface area contributed by atoms with Gasteiger partial charge in [0.2, 0.25) is 0 Å². The Kier molecular flexibility index (Phi) is 4.82. The van der Waals surface area contributed by atoms with Crippen LogP contribution in [0.25, 0.3) is 0 Å². The van der Waals surface area contributed by atoms with Crippen molar-refractivity contribution in [2.75, 3.05) is 20.8 Å².